The summed E-state index contributed by atoms with van der Waals surface area (Å²) in [6, 6.07) is 7.52. The van der Waals surface area contributed by atoms with Crippen LogP contribution in [0.2, 0.25) is 0 Å². The first kappa shape index (κ1) is 13.8. The molecule has 0 amide bonds. The molecule has 0 spiro atoms. The monoisotopic (exact) mass is 301 g/mol. The molecule has 2 heterocycles. The summed E-state index contributed by atoms with van der Waals surface area (Å²) in [6.45, 7) is 4.14. The van der Waals surface area contributed by atoms with Crippen LogP contribution in [0.1, 0.15) is 35.3 Å². The van der Waals surface area contributed by atoms with Crippen molar-refractivity contribution in [3.05, 3.63) is 35.0 Å². The zero-order chi connectivity index (χ0) is 15.0. The fourth-order valence-corrected chi connectivity index (χ4v) is 3.06. The number of benzene rings is 1. The molecule has 0 radical (unpaired) electrons. The van der Waals surface area contributed by atoms with Gasteiger partial charge in [0, 0.05) is 11.5 Å². The maximum atomic E-state index is 11.5. The van der Waals surface area contributed by atoms with E-state index in [0.717, 1.165) is 21.8 Å². The van der Waals surface area contributed by atoms with E-state index < -0.39 is 0 Å². The number of ether oxygens (including phenoxy) is 1. The molecule has 0 aliphatic carbocycles. The van der Waals surface area contributed by atoms with Crippen molar-refractivity contribution in [1.29, 1.82) is 0 Å². The first-order valence-corrected chi connectivity index (χ1v) is 7.45. The van der Waals surface area contributed by atoms with Gasteiger partial charge in [-0.15, -0.1) is 0 Å². The Labute approximate surface area is 126 Å². The standard InChI is InChI=1S/C15H15N3O2S/c1-9(2)14-17-18-11(8-19)13(16-15(18)21-14)10-6-4-5-7-12(10)20-3/h4-9H,1-3H3. The van der Waals surface area contributed by atoms with Crippen molar-refractivity contribution in [2.45, 2.75) is 19.8 Å². The van der Waals surface area contributed by atoms with Gasteiger partial charge >= 0.3 is 0 Å². The van der Waals surface area contributed by atoms with E-state index in [-0.39, 0.29) is 0 Å². The number of imidazole rings is 1. The Bertz CT molecular complexity index is 804. The van der Waals surface area contributed by atoms with Crippen molar-refractivity contribution >= 4 is 22.6 Å². The third-order valence-electron chi connectivity index (χ3n) is 3.22. The molecule has 0 atom stereocenters. The average Bonchev–Trinajstić information content (AvgIpc) is 3.04. The van der Waals surface area contributed by atoms with Crippen molar-refractivity contribution in [3.63, 3.8) is 0 Å². The molecule has 0 aliphatic rings. The second-order valence-electron chi connectivity index (χ2n) is 4.95. The Balaban J connectivity index is 2.23. The third kappa shape index (κ3) is 2.21. The number of para-hydroxylation sites is 1. The molecule has 6 heteroatoms. The summed E-state index contributed by atoms with van der Waals surface area (Å²) in [7, 11) is 1.60. The van der Waals surface area contributed by atoms with E-state index in [2.05, 4.69) is 23.9 Å². The number of carbonyl (C=O) groups excluding carboxylic acids is 1. The van der Waals surface area contributed by atoms with Crippen LogP contribution < -0.4 is 4.74 Å². The van der Waals surface area contributed by atoms with Gasteiger partial charge in [-0.1, -0.05) is 37.3 Å². The molecule has 5 nitrogen and oxygen atoms in total. The Hall–Kier alpha value is -2.21. The summed E-state index contributed by atoms with van der Waals surface area (Å²) in [5.41, 5.74) is 1.86. The summed E-state index contributed by atoms with van der Waals surface area (Å²) < 4.78 is 6.97. The molecule has 0 bridgehead atoms. The minimum absolute atomic E-state index is 0.311. The van der Waals surface area contributed by atoms with Crippen molar-refractivity contribution in [3.8, 4) is 17.0 Å². The van der Waals surface area contributed by atoms with Gasteiger partial charge in [-0.3, -0.25) is 4.79 Å². The molecule has 3 aromatic rings. The van der Waals surface area contributed by atoms with Gasteiger partial charge < -0.3 is 4.74 Å². The van der Waals surface area contributed by atoms with Crippen molar-refractivity contribution < 1.29 is 9.53 Å². The number of fused-ring (bicyclic) bond motifs is 1. The zero-order valence-corrected chi connectivity index (χ0v) is 12.8. The predicted molar refractivity (Wildman–Crippen MR) is 82.3 cm³/mol. The van der Waals surface area contributed by atoms with E-state index >= 15 is 0 Å². The summed E-state index contributed by atoms with van der Waals surface area (Å²) in [6.07, 6.45) is 0.797. The lowest BCUT2D eigenvalue weighted by atomic mass is 10.1. The van der Waals surface area contributed by atoms with Crippen LogP contribution >= 0.6 is 11.3 Å². The van der Waals surface area contributed by atoms with Crippen LogP contribution in [0.15, 0.2) is 24.3 Å². The van der Waals surface area contributed by atoms with Gasteiger partial charge in [0.15, 0.2) is 6.29 Å². The fraction of sp³-hybridized carbons (Fsp3) is 0.267. The summed E-state index contributed by atoms with van der Waals surface area (Å²) in [5, 5.41) is 5.45. The van der Waals surface area contributed by atoms with E-state index in [4.69, 9.17) is 4.74 Å². The highest BCUT2D eigenvalue weighted by atomic mass is 32.1. The highest BCUT2D eigenvalue weighted by Crippen LogP contribution is 2.33. The molecule has 0 aliphatic heterocycles. The molecular formula is C15H15N3O2S. The molecule has 21 heavy (non-hydrogen) atoms. The van der Waals surface area contributed by atoms with Gasteiger partial charge in [0.25, 0.3) is 0 Å². The smallest absolute Gasteiger partial charge is 0.213 e. The summed E-state index contributed by atoms with van der Waals surface area (Å²) in [5.74, 6) is 1.00. The average molecular weight is 301 g/mol. The highest BCUT2D eigenvalue weighted by molar-refractivity contribution is 7.16. The first-order chi connectivity index (χ1) is 10.2. The second kappa shape index (κ2) is 5.29. The highest BCUT2D eigenvalue weighted by Gasteiger charge is 2.20. The quantitative estimate of drug-likeness (QED) is 0.693. The van der Waals surface area contributed by atoms with Gasteiger partial charge in [-0.2, -0.15) is 9.61 Å². The maximum Gasteiger partial charge on any atom is 0.213 e. The SMILES string of the molecule is COc1ccccc1-c1nc2sc(C(C)C)nn2c1C=O. The van der Waals surface area contributed by atoms with Crippen molar-refractivity contribution in [2.75, 3.05) is 7.11 Å². The zero-order valence-electron chi connectivity index (χ0n) is 12.0. The van der Waals surface area contributed by atoms with E-state index in [0.29, 0.717) is 23.1 Å². The summed E-state index contributed by atoms with van der Waals surface area (Å²) >= 11 is 1.50. The first-order valence-electron chi connectivity index (χ1n) is 6.63. The Kier molecular flexibility index (Phi) is 3.47. The van der Waals surface area contributed by atoms with Crippen LogP contribution in [0.5, 0.6) is 5.75 Å². The van der Waals surface area contributed by atoms with Gasteiger partial charge in [0.1, 0.15) is 22.1 Å². The lowest BCUT2D eigenvalue weighted by Crippen LogP contribution is -1.97. The molecular weight excluding hydrogens is 286 g/mol. The van der Waals surface area contributed by atoms with E-state index in [1.54, 1.807) is 11.6 Å². The number of hydrogen-bond donors (Lipinski definition) is 0. The van der Waals surface area contributed by atoms with Crippen molar-refractivity contribution in [2.24, 2.45) is 0 Å². The molecule has 0 unspecified atom stereocenters. The van der Waals surface area contributed by atoms with E-state index in [1.807, 2.05) is 24.3 Å². The molecule has 0 saturated heterocycles. The number of hydrogen-bond acceptors (Lipinski definition) is 5. The lowest BCUT2D eigenvalue weighted by molar-refractivity contribution is 0.111. The Morgan fingerprint density at radius 2 is 2.10 bits per heavy atom. The Morgan fingerprint density at radius 1 is 1.33 bits per heavy atom. The molecule has 0 N–H and O–H groups in total. The predicted octanol–water partition coefficient (Wildman–Crippen LogP) is 3.40. The van der Waals surface area contributed by atoms with E-state index in [1.165, 1.54) is 11.3 Å². The molecule has 2 aromatic heterocycles. The number of rotatable bonds is 4. The molecule has 108 valence electrons. The number of aldehydes is 1. The third-order valence-corrected chi connectivity index (χ3v) is 4.43. The topological polar surface area (TPSA) is 56.5 Å². The van der Waals surface area contributed by atoms with Crippen LogP contribution in [0.3, 0.4) is 0 Å². The number of methoxy groups -OCH3 is 1. The minimum atomic E-state index is 0.311. The lowest BCUT2D eigenvalue weighted by Gasteiger charge is -2.06. The van der Waals surface area contributed by atoms with Crippen LogP contribution in [-0.4, -0.2) is 28.0 Å². The normalized spacial score (nSPS) is 11.2. The number of carbonyl (C=O) groups is 1. The van der Waals surface area contributed by atoms with Crippen LogP contribution in [0, 0.1) is 0 Å². The van der Waals surface area contributed by atoms with Gasteiger partial charge in [-0.25, -0.2) is 4.98 Å². The van der Waals surface area contributed by atoms with Crippen LogP contribution in [0.4, 0.5) is 0 Å². The molecule has 3 rings (SSSR count). The fourth-order valence-electron chi connectivity index (χ4n) is 2.16. The van der Waals surface area contributed by atoms with Crippen LogP contribution in [0.25, 0.3) is 16.2 Å². The van der Waals surface area contributed by atoms with Crippen LogP contribution in [-0.2, 0) is 0 Å². The molecule has 0 fully saturated rings. The molecule has 1 aromatic carbocycles. The minimum Gasteiger partial charge on any atom is -0.496 e. The summed E-state index contributed by atoms with van der Waals surface area (Å²) in [4.78, 5) is 16.8. The Morgan fingerprint density at radius 3 is 2.76 bits per heavy atom. The van der Waals surface area contributed by atoms with E-state index in [9.17, 15) is 4.79 Å². The van der Waals surface area contributed by atoms with Crippen molar-refractivity contribution in [1.82, 2.24) is 14.6 Å². The van der Waals surface area contributed by atoms with Gasteiger partial charge in [0.2, 0.25) is 4.96 Å². The maximum absolute atomic E-state index is 11.5. The largest absolute Gasteiger partial charge is 0.496 e. The number of aromatic nitrogens is 3. The van der Waals surface area contributed by atoms with Gasteiger partial charge in [0.05, 0.1) is 7.11 Å². The molecule has 0 saturated carbocycles. The second-order valence-corrected chi connectivity index (χ2v) is 5.94. The van der Waals surface area contributed by atoms with Gasteiger partial charge in [-0.05, 0) is 12.1 Å². The number of nitrogens with zero attached hydrogens (tertiary/aromatic N) is 3.